The van der Waals surface area contributed by atoms with E-state index in [-0.39, 0.29) is 0 Å². The van der Waals surface area contributed by atoms with Gasteiger partial charge in [-0.05, 0) is 19.9 Å². The maximum Gasteiger partial charge on any atom is 0.0799 e. The number of aromatic nitrogens is 2. The SMILES string of the molecule is CCn1nc(CC(C)(O)CNCCOC)c2ccccc21. The molecule has 5 heteroatoms. The van der Waals surface area contributed by atoms with Gasteiger partial charge in [0.15, 0.2) is 0 Å². The summed E-state index contributed by atoms with van der Waals surface area (Å²) in [6.07, 6.45) is 0.528. The maximum atomic E-state index is 10.6. The van der Waals surface area contributed by atoms with Crippen LogP contribution in [0.5, 0.6) is 0 Å². The fourth-order valence-electron chi connectivity index (χ4n) is 2.52. The zero-order valence-electron chi connectivity index (χ0n) is 13.1. The van der Waals surface area contributed by atoms with Gasteiger partial charge in [0, 0.05) is 38.6 Å². The van der Waals surface area contributed by atoms with Crippen LogP contribution in [0.2, 0.25) is 0 Å². The summed E-state index contributed by atoms with van der Waals surface area (Å²) in [4.78, 5) is 0. The number of aliphatic hydroxyl groups is 1. The molecule has 1 aromatic carbocycles. The van der Waals surface area contributed by atoms with E-state index < -0.39 is 5.60 Å². The van der Waals surface area contributed by atoms with Crippen LogP contribution in [0, 0.1) is 0 Å². The summed E-state index contributed by atoms with van der Waals surface area (Å²) in [5, 5.41) is 19.5. The smallest absolute Gasteiger partial charge is 0.0799 e. The van der Waals surface area contributed by atoms with E-state index in [1.54, 1.807) is 7.11 Å². The van der Waals surface area contributed by atoms with Gasteiger partial charge in [0.1, 0.15) is 0 Å². The highest BCUT2D eigenvalue weighted by Gasteiger charge is 2.23. The van der Waals surface area contributed by atoms with Crippen molar-refractivity contribution in [3.8, 4) is 0 Å². The van der Waals surface area contributed by atoms with E-state index in [4.69, 9.17) is 4.74 Å². The summed E-state index contributed by atoms with van der Waals surface area (Å²) in [5.41, 5.74) is 1.24. The molecule has 0 aliphatic heterocycles. The largest absolute Gasteiger partial charge is 0.388 e. The first-order valence-electron chi connectivity index (χ1n) is 7.44. The van der Waals surface area contributed by atoms with Gasteiger partial charge >= 0.3 is 0 Å². The predicted molar refractivity (Wildman–Crippen MR) is 84.5 cm³/mol. The fraction of sp³-hybridized carbons (Fsp3) is 0.562. The topological polar surface area (TPSA) is 59.3 Å². The minimum absolute atomic E-state index is 0.518. The average Bonchev–Trinajstić information content (AvgIpc) is 2.81. The van der Waals surface area contributed by atoms with Gasteiger partial charge in [0.05, 0.1) is 23.4 Å². The predicted octanol–water partition coefficient (Wildman–Crippen LogP) is 1.59. The number of fused-ring (bicyclic) bond motifs is 1. The molecule has 21 heavy (non-hydrogen) atoms. The second-order valence-corrected chi connectivity index (χ2v) is 5.62. The molecule has 0 bridgehead atoms. The molecule has 0 saturated heterocycles. The molecule has 2 aromatic rings. The Bertz CT molecular complexity index is 578. The Labute approximate surface area is 125 Å². The fourth-order valence-corrected chi connectivity index (χ4v) is 2.52. The molecule has 0 saturated carbocycles. The lowest BCUT2D eigenvalue weighted by Crippen LogP contribution is -2.41. The number of nitrogens with zero attached hydrogens (tertiary/aromatic N) is 2. The number of ether oxygens (including phenoxy) is 1. The molecule has 1 unspecified atom stereocenters. The van der Waals surface area contributed by atoms with E-state index in [1.807, 2.05) is 23.7 Å². The lowest BCUT2D eigenvalue weighted by molar-refractivity contribution is 0.0573. The number of para-hydroxylation sites is 1. The van der Waals surface area contributed by atoms with Crippen LogP contribution in [0.4, 0.5) is 0 Å². The lowest BCUT2D eigenvalue weighted by atomic mass is 9.98. The van der Waals surface area contributed by atoms with Crippen molar-refractivity contribution < 1.29 is 9.84 Å². The number of hydrogen-bond acceptors (Lipinski definition) is 4. The lowest BCUT2D eigenvalue weighted by Gasteiger charge is -2.23. The number of benzene rings is 1. The molecule has 0 radical (unpaired) electrons. The van der Waals surface area contributed by atoms with Gasteiger partial charge < -0.3 is 15.2 Å². The molecule has 0 fully saturated rings. The van der Waals surface area contributed by atoms with Crippen molar-refractivity contribution in [3.05, 3.63) is 30.0 Å². The molecule has 0 aliphatic carbocycles. The van der Waals surface area contributed by atoms with Crippen LogP contribution in [0.1, 0.15) is 19.5 Å². The number of hydrogen-bond donors (Lipinski definition) is 2. The van der Waals surface area contributed by atoms with Crippen LogP contribution in [0.3, 0.4) is 0 Å². The van der Waals surface area contributed by atoms with Crippen LogP contribution in [-0.4, -0.2) is 47.3 Å². The first-order chi connectivity index (χ1) is 10.1. The molecule has 0 spiro atoms. The Hall–Kier alpha value is -1.43. The normalized spacial score (nSPS) is 14.5. The molecular formula is C16H25N3O2. The minimum atomic E-state index is -0.830. The highest BCUT2D eigenvalue weighted by atomic mass is 16.5. The van der Waals surface area contributed by atoms with Crippen LogP contribution >= 0.6 is 0 Å². The number of nitrogens with one attached hydrogen (secondary N) is 1. The van der Waals surface area contributed by atoms with Crippen LogP contribution in [-0.2, 0) is 17.7 Å². The second-order valence-electron chi connectivity index (χ2n) is 5.62. The Kier molecular flexibility index (Phi) is 5.33. The van der Waals surface area contributed by atoms with Gasteiger partial charge in [0.2, 0.25) is 0 Å². The van der Waals surface area contributed by atoms with Gasteiger partial charge in [0.25, 0.3) is 0 Å². The molecule has 2 N–H and O–H groups in total. The summed E-state index contributed by atoms with van der Waals surface area (Å²) in [7, 11) is 1.67. The number of methoxy groups -OCH3 is 1. The summed E-state index contributed by atoms with van der Waals surface area (Å²) < 4.78 is 6.98. The Balaban J connectivity index is 2.11. The van der Waals surface area contributed by atoms with E-state index in [1.165, 1.54) is 0 Å². The number of aryl methyl sites for hydroxylation is 1. The van der Waals surface area contributed by atoms with Gasteiger partial charge in [-0.2, -0.15) is 5.10 Å². The summed E-state index contributed by atoms with van der Waals surface area (Å²) >= 11 is 0. The molecule has 0 aliphatic rings. The van der Waals surface area contributed by atoms with Crippen molar-refractivity contribution in [1.82, 2.24) is 15.1 Å². The Morgan fingerprint density at radius 3 is 2.86 bits per heavy atom. The number of rotatable bonds is 8. The van der Waals surface area contributed by atoms with E-state index in [2.05, 4.69) is 29.5 Å². The van der Waals surface area contributed by atoms with Crippen molar-refractivity contribution in [2.75, 3.05) is 26.8 Å². The first kappa shape index (κ1) is 15.9. The zero-order chi connectivity index (χ0) is 15.3. The Morgan fingerprint density at radius 1 is 1.38 bits per heavy atom. The molecule has 116 valence electrons. The standard InChI is InChI=1S/C16H25N3O2/c1-4-19-15-8-6-5-7-13(15)14(18-19)11-16(2,20)12-17-9-10-21-3/h5-8,17,20H,4,9-12H2,1-3H3. The average molecular weight is 291 g/mol. The van der Waals surface area contributed by atoms with E-state index in [0.717, 1.165) is 29.7 Å². The molecule has 1 aromatic heterocycles. The Morgan fingerprint density at radius 2 is 2.14 bits per heavy atom. The minimum Gasteiger partial charge on any atom is -0.388 e. The summed E-state index contributed by atoms with van der Waals surface area (Å²) in [5.74, 6) is 0. The third kappa shape index (κ3) is 4.03. The summed E-state index contributed by atoms with van der Waals surface area (Å²) in [6.45, 7) is 6.64. The highest BCUT2D eigenvalue weighted by Crippen LogP contribution is 2.22. The van der Waals surface area contributed by atoms with E-state index >= 15 is 0 Å². The quantitative estimate of drug-likeness (QED) is 0.725. The molecule has 1 heterocycles. The van der Waals surface area contributed by atoms with Crippen molar-refractivity contribution in [2.24, 2.45) is 0 Å². The van der Waals surface area contributed by atoms with Gasteiger partial charge in [-0.15, -0.1) is 0 Å². The van der Waals surface area contributed by atoms with Crippen molar-refractivity contribution in [1.29, 1.82) is 0 Å². The van der Waals surface area contributed by atoms with Gasteiger partial charge in [-0.3, -0.25) is 4.68 Å². The maximum absolute atomic E-state index is 10.6. The highest BCUT2D eigenvalue weighted by molar-refractivity contribution is 5.82. The molecule has 2 rings (SSSR count). The second kappa shape index (κ2) is 7.02. The van der Waals surface area contributed by atoms with Crippen molar-refractivity contribution >= 4 is 10.9 Å². The van der Waals surface area contributed by atoms with Crippen molar-refractivity contribution in [2.45, 2.75) is 32.4 Å². The van der Waals surface area contributed by atoms with E-state index in [9.17, 15) is 5.11 Å². The first-order valence-corrected chi connectivity index (χ1v) is 7.44. The van der Waals surface area contributed by atoms with Gasteiger partial charge in [-0.25, -0.2) is 0 Å². The van der Waals surface area contributed by atoms with E-state index in [0.29, 0.717) is 19.6 Å². The molecule has 0 amide bonds. The summed E-state index contributed by atoms with van der Waals surface area (Å²) in [6, 6.07) is 8.17. The monoisotopic (exact) mass is 291 g/mol. The molecule has 5 nitrogen and oxygen atoms in total. The van der Waals surface area contributed by atoms with Crippen LogP contribution in [0.25, 0.3) is 10.9 Å². The molecule has 1 atom stereocenters. The zero-order valence-corrected chi connectivity index (χ0v) is 13.1. The molecular weight excluding hydrogens is 266 g/mol. The van der Waals surface area contributed by atoms with Crippen LogP contribution < -0.4 is 5.32 Å². The van der Waals surface area contributed by atoms with Crippen LogP contribution in [0.15, 0.2) is 24.3 Å². The van der Waals surface area contributed by atoms with Crippen molar-refractivity contribution in [3.63, 3.8) is 0 Å². The third-order valence-electron chi connectivity index (χ3n) is 3.57. The third-order valence-corrected chi connectivity index (χ3v) is 3.57. The van der Waals surface area contributed by atoms with Gasteiger partial charge in [-0.1, -0.05) is 18.2 Å².